The number of fused-ring (bicyclic) bond motifs is 2. The number of carbonyl (C=O) groups excluding carboxylic acids is 1. The van der Waals surface area contributed by atoms with Crippen LogP contribution in [-0.2, 0) is 16.8 Å². The Hall–Kier alpha value is -1.59. The fourth-order valence-electron chi connectivity index (χ4n) is 3.51. The summed E-state index contributed by atoms with van der Waals surface area (Å²) in [6.45, 7) is 1.74. The molecule has 1 atom stereocenters. The number of amides is 1. The topological polar surface area (TPSA) is 42.7 Å². The van der Waals surface area contributed by atoms with Crippen LogP contribution in [0.15, 0.2) is 45.5 Å². The van der Waals surface area contributed by atoms with Gasteiger partial charge >= 0.3 is 0 Å². The van der Waals surface area contributed by atoms with E-state index in [0.29, 0.717) is 30.1 Å². The van der Waals surface area contributed by atoms with E-state index in [0.717, 1.165) is 12.8 Å². The molecule has 1 aromatic carbocycles. The Kier molecular flexibility index (Phi) is 3.35. The number of hydrogen-bond acceptors (Lipinski definition) is 3. The number of aryl methyl sites for hydroxylation is 1. The molecule has 1 aliphatic carbocycles. The van der Waals surface area contributed by atoms with Crippen molar-refractivity contribution in [1.29, 1.82) is 0 Å². The minimum Gasteiger partial charge on any atom is -0.444 e. The lowest BCUT2D eigenvalue weighted by molar-refractivity contribution is -0.104. The highest BCUT2D eigenvalue weighted by atomic mass is 79.9. The summed E-state index contributed by atoms with van der Waals surface area (Å²) in [5, 5.41) is 0. The van der Waals surface area contributed by atoms with Crippen molar-refractivity contribution < 1.29 is 13.9 Å². The van der Waals surface area contributed by atoms with Gasteiger partial charge in [0.05, 0.1) is 13.2 Å². The standard InChI is InChI=1S/C17H16BrNO3/c18-15-6-5-14(22-15)16(20)19-9-10-21-17(11-19)8-7-12-3-1-2-4-13(12)17/h1-6H,7-11H2. The highest BCUT2D eigenvalue weighted by Crippen LogP contribution is 2.42. The second-order valence-corrected chi connectivity index (χ2v) is 6.61. The van der Waals surface area contributed by atoms with Crippen LogP contribution in [0.25, 0.3) is 0 Å². The van der Waals surface area contributed by atoms with Crippen LogP contribution < -0.4 is 0 Å². The molecule has 5 heteroatoms. The molecule has 1 unspecified atom stereocenters. The smallest absolute Gasteiger partial charge is 0.289 e. The van der Waals surface area contributed by atoms with Gasteiger partial charge in [-0.3, -0.25) is 4.79 Å². The van der Waals surface area contributed by atoms with Gasteiger partial charge in [0.1, 0.15) is 5.60 Å². The number of furan rings is 1. The summed E-state index contributed by atoms with van der Waals surface area (Å²) in [7, 11) is 0. The monoisotopic (exact) mass is 361 g/mol. The molecule has 2 aromatic rings. The molecule has 22 heavy (non-hydrogen) atoms. The van der Waals surface area contributed by atoms with Gasteiger partial charge in [0.2, 0.25) is 0 Å². The van der Waals surface area contributed by atoms with Crippen molar-refractivity contribution in [2.45, 2.75) is 18.4 Å². The third kappa shape index (κ3) is 2.20. The zero-order valence-corrected chi connectivity index (χ0v) is 13.6. The number of benzene rings is 1. The Bertz CT molecular complexity index is 722. The number of carbonyl (C=O) groups is 1. The number of rotatable bonds is 1. The van der Waals surface area contributed by atoms with E-state index in [1.807, 2.05) is 11.0 Å². The summed E-state index contributed by atoms with van der Waals surface area (Å²) in [5.74, 6) is 0.299. The third-order valence-electron chi connectivity index (χ3n) is 4.56. The average Bonchev–Trinajstić information content (AvgIpc) is 3.12. The van der Waals surface area contributed by atoms with Crippen LogP contribution >= 0.6 is 15.9 Å². The van der Waals surface area contributed by atoms with Crippen molar-refractivity contribution in [3.8, 4) is 0 Å². The summed E-state index contributed by atoms with van der Waals surface area (Å²) in [4.78, 5) is 14.5. The van der Waals surface area contributed by atoms with Crippen molar-refractivity contribution in [2.24, 2.45) is 0 Å². The van der Waals surface area contributed by atoms with E-state index in [1.54, 1.807) is 12.1 Å². The number of halogens is 1. The predicted octanol–water partition coefficient (Wildman–Crippen LogP) is 3.36. The quantitative estimate of drug-likeness (QED) is 0.781. The van der Waals surface area contributed by atoms with E-state index >= 15 is 0 Å². The van der Waals surface area contributed by atoms with Gasteiger partial charge in [-0.2, -0.15) is 0 Å². The van der Waals surface area contributed by atoms with E-state index in [4.69, 9.17) is 9.15 Å². The van der Waals surface area contributed by atoms with E-state index in [9.17, 15) is 4.79 Å². The molecule has 0 N–H and O–H groups in total. The molecule has 0 bridgehead atoms. The van der Waals surface area contributed by atoms with Crippen LogP contribution in [0.2, 0.25) is 0 Å². The van der Waals surface area contributed by atoms with Crippen molar-refractivity contribution in [2.75, 3.05) is 19.7 Å². The SMILES string of the molecule is O=C(c1ccc(Br)o1)N1CCOC2(CCc3ccccc32)C1. The molecule has 1 saturated heterocycles. The first-order valence-corrected chi connectivity index (χ1v) is 8.24. The summed E-state index contributed by atoms with van der Waals surface area (Å²) in [5.41, 5.74) is 2.21. The number of hydrogen-bond donors (Lipinski definition) is 0. The van der Waals surface area contributed by atoms with E-state index in [-0.39, 0.29) is 11.5 Å². The van der Waals surface area contributed by atoms with Gasteiger partial charge in [-0.1, -0.05) is 24.3 Å². The Morgan fingerprint density at radius 1 is 1.23 bits per heavy atom. The Morgan fingerprint density at radius 3 is 2.91 bits per heavy atom. The largest absolute Gasteiger partial charge is 0.444 e. The molecule has 1 aromatic heterocycles. The summed E-state index contributed by atoms with van der Waals surface area (Å²) >= 11 is 3.24. The van der Waals surface area contributed by atoms with Crippen molar-refractivity contribution in [3.05, 3.63) is 58.0 Å². The molecule has 1 fully saturated rings. The van der Waals surface area contributed by atoms with E-state index < -0.39 is 0 Å². The van der Waals surface area contributed by atoms with Crippen molar-refractivity contribution >= 4 is 21.8 Å². The molecule has 0 radical (unpaired) electrons. The van der Waals surface area contributed by atoms with Gasteiger partial charge in [-0.25, -0.2) is 0 Å². The third-order valence-corrected chi connectivity index (χ3v) is 4.99. The zero-order chi connectivity index (χ0) is 15.2. The maximum Gasteiger partial charge on any atom is 0.289 e. The Labute approximate surface area is 137 Å². The van der Waals surface area contributed by atoms with Crippen molar-refractivity contribution in [3.63, 3.8) is 0 Å². The van der Waals surface area contributed by atoms with Gasteiger partial charge in [0.15, 0.2) is 10.4 Å². The van der Waals surface area contributed by atoms with Gasteiger partial charge in [-0.05, 0) is 52.0 Å². The first kappa shape index (κ1) is 14.0. The molecule has 114 valence electrons. The lowest BCUT2D eigenvalue weighted by Gasteiger charge is -2.40. The highest BCUT2D eigenvalue weighted by Gasteiger charge is 2.44. The van der Waals surface area contributed by atoms with Crippen LogP contribution in [0.1, 0.15) is 28.1 Å². The molecule has 1 spiro atoms. The van der Waals surface area contributed by atoms with Gasteiger partial charge in [-0.15, -0.1) is 0 Å². The minimum absolute atomic E-state index is 0.0715. The maximum atomic E-state index is 12.6. The average molecular weight is 362 g/mol. The normalized spacial score (nSPS) is 23.8. The number of ether oxygens (including phenoxy) is 1. The molecule has 2 heterocycles. The summed E-state index contributed by atoms with van der Waals surface area (Å²) < 4.78 is 12.1. The fraction of sp³-hybridized carbons (Fsp3) is 0.353. The van der Waals surface area contributed by atoms with Crippen LogP contribution in [-0.4, -0.2) is 30.5 Å². The first-order chi connectivity index (χ1) is 10.7. The summed E-state index contributed by atoms with van der Waals surface area (Å²) in [6.07, 6.45) is 1.93. The number of morpholine rings is 1. The van der Waals surface area contributed by atoms with Gasteiger partial charge in [0, 0.05) is 6.54 Å². The second-order valence-electron chi connectivity index (χ2n) is 5.83. The predicted molar refractivity (Wildman–Crippen MR) is 84.7 cm³/mol. The minimum atomic E-state index is -0.353. The Balaban J connectivity index is 1.62. The van der Waals surface area contributed by atoms with Crippen LogP contribution in [0.5, 0.6) is 0 Å². The van der Waals surface area contributed by atoms with Gasteiger partial charge < -0.3 is 14.1 Å². The van der Waals surface area contributed by atoms with Crippen LogP contribution in [0.3, 0.4) is 0 Å². The molecule has 1 aliphatic heterocycles. The molecule has 4 nitrogen and oxygen atoms in total. The van der Waals surface area contributed by atoms with Gasteiger partial charge in [0.25, 0.3) is 5.91 Å². The first-order valence-electron chi connectivity index (χ1n) is 7.45. The van der Waals surface area contributed by atoms with Crippen molar-refractivity contribution in [1.82, 2.24) is 4.90 Å². The lowest BCUT2D eigenvalue weighted by atomic mass is 9.93. The molecule has 1 amide bonds. The summed E-state index contributed by atoms with van der Waals surface area (Å²) in [6, 6.07) is 11.8. The molecular weight excluding hydrogens is 346 g/mol. The van der Waals surface area contributed by atoms with Crippen LogP contribution in [0, 0.1) is 0 Å². The zero-order valence-electron chi connectivity index (χ0n) is 12.0. The Morgan fingerprint density at radius 2 is 2.09 bits per heavy atom. The van der Waals surface area contributed by atoms with Crippen LogP contribution in [0.4, 0.5) is 0 Å². The maximum absolute atomic E-state index is 12.6. The molecule has 0 saturated carbocycles. The van der Waals surface area contributed by atoms with E-state index in [2.05, 4.69) is 34.1 Å². The number of nitrogens with zero attached hydrogens (tertiary/aromatic N) is 1. The second kappa shape index (κ2) is 5.25. The molecule has 2 aliphatic rings. The lowest BCUT2D eigenvalue weighted by Crippen LogP contribution is -2.51. The highest BCUT2D eigenvalue weighted by molar-refractivity contribution is 9.10. The van der Waals surface area contributed by atoms with E-state index in [1.165, 1.54) is 11.1 Å². The molecular formula is C17H16BrNO3. The fourth-order valence-corrected chi connectivity index (χ4v) is 3.82. The molecule has 4 rings (SSSR count).